The molecule has 0 aliphatic rings. The zero-order valence-corrected chi connectivity index (χ0v) is 14.8. The highest BCUT2D eigenvalue weighted by Gasteiger charge is 2.16. The Morgan fingerprint density at radius 3 is 2.81 bits per heavy atom. The summed E-state index contributed by atoms with van der Waals surface area (Å²) in [4.78, 5) is 38.7. The lowest BCUT2D eigenvalue weighted by Gasteiger charge is -2.09. The molecule has 0 bridgehead atoms. The second kappa shape index (κ2) is 7.54. The number of carbonyl (C=O) groups is 1. The van der Waals surface area contributed by atoms with Gasteiger partial charge in [-0.05, 0) is 24.3 Å². The molecule has 138 valence electrons. The summed E-state index contributed by atoms with van der Waals surface area (Å²) < 4.78 is 14.7. The fourth-order valence-electron chi connectivity index (χ4n) is 2.38. The second-order valence-corrected chi connectivity index (χ2v) is 6.48. The van der Waals surface area contributed by atoms with Gasteiger partial charge in [-0.2, -0.15) is 4.39 Å². The van der Waals surface area contributed by atoms with E-state index in [0.717, 1.165) is 23.9 Å². The van der Waals surface area contributed by atoms with Crippen LogP contribution >= 0.6 is 11.8 Å². The van der Waals surface area contributed by atoms with Crippen molar-refractivity contribution in [1.29, 1.82) is 0 Å². The topological polar surface area (TPSA) is 107 Å². The predicted molar refractivity (Wildman–Crippen MR) is 99.4 cm³/mol. The van der Waals surface area contributed by atoms with Crippen LogP contribution in [0.5, 0.6) is 0 Å². The number of hydrogen-bond acceptors (Lipinski definition) is 6. The highest BCUT2D eigenvalue weighted by molar-refractivity contribution is 7.99. The van der Waals surface area contributed by atoms with Crippen molar-refractivity contribution in [3.63, 3.8) is 0 Å². The number of halogens is 1. The SMILES string of the molecule is Cn1c(SCC(=O)Nc2ccc(F)c([N+](=O)[O-])c2)nc2ccccc2c1=O. The molecule has 0 fully saturated rings. The van der Waals surface area contributed by atoms with Gasteiger partial charge in [0, 0.05) is 18.8 Å². The normalized spacial score (nSPS) is 10.7. The van der Waals surface area contributed by atoms with E-state index in [1.165, 1.54) is 10.6 Å². The molecule has 0 unspecified atom stereocenters. The van der Waals surface area contributed by atoms with Crippen LogP contribution in [0.4, 0.5) is 15.8 Å². The Morgan fingerprint density at radius 2 is 2.07 bits per heavy atom. The van der Waals surface area contributed by atoms with Crippen LogP contribution in [0.2, 0.25) is 0 Å². The molecule has 1 N–H and O–H groups in total. The summed E-state index contributed by atoms with van der Waals surface area (Å²) in [5, 5.41) is 14.1. The lowest BCUT2D eigenvalue weighted by Crippen LogP contribution is -2.21. The van der Waals surface area contributed by atoms with Crippen molar-refractivity contribution >= 4 is 39.9 Å². The molecular formula is C17H13FN4O4S. The number of anilines is 1. The van der Waals surface area contributed by atoms with Crippen molar-refractivity contribution in [2.45, 2.75) is 5.16 Å². The van der Waals surface area contributed by atoms with E-state index in [1.807, 2.05) is 0 Å². The zero-order valence-electron chi connectivity index (χ0n) is 14.0. The molecular weight excluding hydrogens is 375 g/mol. The third-order valence-electron chi connectivity index (χ3n) is 3.70. The number of nitrogens with zero attached hydrogens (tertiary/aromatic N) is 3. The van der Waals surface area contributed by atoms with E-state index in [2.05, 4.69) is 10.3 Å². The van der Waals surface area contributed by atoms with Crippen molar-refractivity contribution in [3.8, 4) is 0 Å². The van der Waals surface area contributed by atoms with Crippen LogP contribution in [-0.4, -0.2) is 26.1 Å². The molecule has 27 heavy (non-hydrogen) atoms. The third kappa shape index (κ3) is 3.95. The average Bonchev–Trinajstić information content (AvgIpc) is 2.65. The lowest BCUT2D eigenvalue weighted by atomic mass is 10.2. The number of benzene rings is 2. The number of carbonyl (C=O) groups excluding carboxylic acids is 1. The van der Waals surface area contributed by atoms with E-state index in [-0.39, 0.29) is 17.0 Å². The molecule has 0 atom stereocenters. The number of nitro benzene ring substituents is 1. The minimum atomic E-state index is -0.984. The van der Waals surface area contributed by atoms with Gasteiger partial charge in [0.15, 0.2) is 5.16 Å². The van der Waals surface area contributed by atoms with Crippen molar-refractivity contribution < 1.29 is 14.1 Å². The Morgan fingerprint density at radius 1 is 1.33 bits per heavy atom. The third-order valence-corrected chi connectivity index (χ3v) is 4.73. The van der Waals surface area contributed by atoms with Crippen molar-refractivity contribution in [2.24, 2.45) is 7.05 Å². The van der Waals surface area contributed by atoms with Gasteiger partial charge in [0.25, 0.3) is 5.56 Å². The van der Waals surface area contributed by atoms with E-state index in [9.17, 15) is 24.1 Å². The summed E-state index contributed by atoms with van der Waals surface area (Å²) >= 11 is 1.05. The number of amides is 1. The number of rotatable bonds is 5. The van der Waals surface area contributed by atoms with Crippen LogP contribution in [0.3, 0.4) is 0 Å². The molecule has 1 amide bonds. The number of fused-ring (bicyclic) bond motifs is 1. The standard InChI is InChI=1S/C17H13FN4O4S/c1-21-16(24)11-4-2-3-5-13(11)20-17(21)27-9-15(23)19-10-6-7-12(18)14(8-10)22(25)26/h2-8H,9H2,1H3,(H,19,23). The molecule has 0 spiro atoms. The van der Waals surface area contributed by atoms with Crippen LogP contribution in [0.15, 0.2) is 52.4 Å². The molecule has 0 aliphatic heterocycles. The Labute approximate surface area is 156 Å². The molecule has 1 heterocycles. The number of hydrogen-bond donors (Lipinski definition) is 1. The van der Waals surface area contributed by atoms with Gasteiger partial charge >= 0.3 is 5.69 Å². The lowest BCUT2D eigenvalue weighted by molar-refractivity contribution is -0.387. The van der Waals surface area contributed by atoms with Crippen LogP contribution in [0, 0.1) is 15.9 Å². The number of nitrogens with one attached hydrogen (secondary N) is 1. The average molecular weight is 388 g/mol. The number of aromatic nitrogens is 2. The smallest absolute Gasteiger partial charge is 0.306 e. The first-order valence-corrected chi connectivity index (χ1v) is 8.67. The summed E-state index contributed by atoms with van der Waals surface area (Å²) in [5.74, 6) is -1.53. The first-order chi connectivity index (χ1) is 12.9. The summed E-state index contributed by atoms with van der Waals surface area (Å²) in [6.45, 7) is 0. The monoisotopic (exact) mass is 388 g/mol. The molecule has 2 aromatic carbocycles. The maximum absolute atomic E-state index is 13.3. The maximum Gasteiger partial charge on any atom is 0.306 e. The quantitative estimate of drug-likeness (QED) is 0.312. The van der Waals surface area contributed by atoms with Gasteiger partial charge in [0.2, 0.25) is 11.7 Å². The number of nitro groups is 1. The first kappa shape index (κ1) is 18.5. The van der Waals surface area contributed by atoms with Crippen LogP contribution in [-0.2, 0) is 11.8 Å². The van der Waals surface area contributed by atoms with Gasteiger partial charge in [0.1, 0.15) is 0 Å². The summed E-state index contributed by atoms with van der Waals surface area (Å²) in [6.07, 6.45) is 0. The maximum atomic E-state index is 13.3. The van der Waals surface area contributed by atoms with Gasteiger partial charge in [0.05, 0.1) is 21.6 Å². The highest BCUT2D eigenvalue weighted by Crippen LogP contribution is 2.22. The zero-order chi connectivity index (χ0) is 19.6. The molecule has 3 rings (SSSR count). The van der Waals surface area contributed by atoms with Crippen molar-refractivity contribution in [2.75, 3.05) is 11.1 Å². The Balaban J connectivity index is 1.74. The van der Waals surface area contributed by atoms with Crippen molar-refractivity contribution in [3.05, 3.63) is 68.7 Å². The molecule has 10 heteroatoms. The second-order valence-electron chi connectivity index (χ2n) is 5.54. The van der Waals surface area contributed by atoms with E-state index in [1.54, 1.807) is 31.3 Å². The van der Waals surface area contributed by atoms with Crippen LogP contribution in [0.1, 0.15) is 0 Å². The van der Waals surface area contributed by atoms with Crippen molar-refractivity contribution in [1.82, 2.24) is 9.55 Å². The van der Waals surface area contributed by atoms with Crippen LogP contribution in [0.25, 0.3) is 10.9 Å². The molecule has 0 saturated carbocycles. The molecule has 0 saturated heterocycles. The van der Waals surface area contributed by atoms with E-state index >= 15 is 0 Å². The molecule has 1 aromatic heterocycles. The molecule has 3 aromatic rings. The predicted octanol–water partition coefficient (Wildman–Crippen LogP) is 2.71. The van der Waals surface area contributed by atoms with Gasteiger partial charge < -0.3 is 5.32 Å². The molecule has 8 nitrogen and oxygen atoms in total. The number of para-hydroxylation sites is 1. The van der Waals surface area contributed by atoms with E-state index in [0.29, 0.717) is 16.1 Å². The van der Waals surface area contributed by atoms with Gasteiger partial charge in [-0.1, -0.05) is 23.9 Å². The van der Waals surface area contributed by atoms with E-state index < -0.39 is 22.3 Å². The van der Waals surface area contributed by atoms with Crippen LogP contribution < -0.4 is 10.9 Å². The number of thioether (sulfide) groups is 1. The fourth-order valence-corrected chi connectivity index (χ4v) is 3.16. The Kier molecular flexibility index (Phi) is 5.17. The molecule has 0 aliphatic carbocycles. The first-order valence-electron chi connectivity index (χ1n) is 7.69. The minimum absolute atomic E-state index is 0.0796. The van der Waals surface area contributed by atoms with Gasteiger partial charge in [-0.25, -0.2) is 4.98 Å². The Hall–Kier alpha value is -3.27. The minimum Gasteiger partial charge on any atom is -0.325 e. The summed E-state index contributed by atoms with van der Waals surface area (Å²) in [6, 6.07) is 9.98. The van der Waals surface area contributed by atoms with Gasteiger partial charge in [-0.15, -0.1) is 0 Å². The molecule has 0 radical (unpaired) electrons. The Bertz CT molecular complexity index is 1120. The fraction of sp³-hybridized carbons (Fsp3) is 0.118. The van der Waals surface area contributed by atoms with E-state index in [4.69, 9.17) is 0 Å². The van der Waals surface area contributed by atoms with Gasteiger partial charge in [-0.3, -0.25) is 24.3 Å². The largest absolute Gasteiger partial charge is 0.325 e. The highest BCUT2D eigenvalue weighted by atomic mass is 32.2. The summed E-state index contributed by atoms with van der Waals surface area (Å²) in [5.41, 5.74) is -0.316. The summed E-state index contributed by atoms with van der Waals surface area (Å²) in [7, 11) is 1.56.